The summed E-state index contributed by atoms with van der Waals surface area (Å²) in [7, 11) is 1.12. The van der Waals surface area contributed by atoms with Crippen LogP contribution in [0.25, 0.3) is 0 Å². The molecule has 32 heavy (non-hydrogen) atoms. The zero-order valence-corrected chi connectivity index (χ0v) is 19.7. The van der Waals surface area contributed by atoms with Gasteiger partial charge in [0.25, 0.3) is 0 Å². The molecule has 0 radical (unpaired) electrons. The lowest BCUT2D eigenvalue weighted by Crippen LogP contribution is -2.52. The van der Waals surface area contributed by atoms with E-state index in [9.17, 15) is 19.2 Å². The molecule has 0 fully saturated rings. The van der Waals surface area contributed by atoms with Crippen molar-refractivity contribution in [1.29, 1.82) is 0 Å². The van der Waals surface area contributed by atoms with Gasteiger partial charge in [0, 0.05) is 0 Å². The fourth-order valence-corrected chi connectivity index (χ4v) is 2.63. The Balaban J connectivity index is 3.07. The number of ether oxygens (including phenoxy) is 4. The molecule has 9 heteroatoms. The van der Waals surface area contributed by atoms with E-state index in [4.69, 9.17) is 18.9 Å². The molecule has 0 aliphatic heterocycles. The molecule has 0 unspecified atom stereocenters. The molecule has 0 heterocycles. The molecule has 0 bridgehead atoms. The van der Waals surface area contributed by atoms with Crippen molar-refractivity contribution in [2.24, 2.45) is 5.92 Å². The Morgan fingerprint density at radius 1 is 0.875 bits per heavy atom. The van der Waals surface area contributed by atoms with Crippen LogP contribution < -0.4 is 5.32 Å². The van der Waals surface area contributed by atoms with E-state index >= 15 is 0 Å². The Bertz CT molecular complexity index is 792. The van der Waals surface area contributed by atoms with Crippen molar-refractivity contribution in [1.82, 2.24) is 5.32 Å². The predicted octanol–water partition coefficient (Wildman–Crippen LogP) is 3.14. The first-order valence-electron chi connectivity index (χ1n) is 10.2. The van der Waals surface area contributed by atoms with Gasteiger partial charge >= 0.3 is 24.0 Å². The lowest BCUT2D eigenvalue weighted by atomic mass is 9.95. The van der Waals surface area contributed by atoms with Crippen LogP contribution in [0.2, 0.25) is 0 Å². The number of rotatable bonds is 8. The normalized spacial score (nSPS) is 13.3. The molecule has 1 rings (SSSR count). The Labute approximate surface area is 188 Å². The zero-order valence-electron chi connectivity index (χ0n) is 19.7. The molecule has 1 aromatic rings. The molecule has 1 N–H and O–H groups in total. The van der Waals surface area contributed by atoms with Crippen LogP contribution in [0.5, 0.6) is 0 Å². The largest absolute Gasteiger partial charge is 0.469 e. The lowest BCUT2D eigenvalue weighted by Gasteiger charge is -2.28. The molecule has 178 valence electrons. The van der Waals surface area contributed by atoms with Gasteiger partial charge in [0.2, 0.25) is 0 Å². The minimum atomic E-state index is -1.53. The van der Waals surface area contributed by atoms with Gasteiger partial charge in [-0.1, -0.05) is 30.3 Å². The Morgan fingerprint density at radius 3 is 1.94 bits per heavy atom. The summed E-state index contributed by atoms with van der Waals surface area (Å²) in [5, 5.41) is 2.35. The van der Waals surface area contributed by atoms with E-state index in [1.807, 2.05) is 6.07 Å². The third kappa shape index (κ3) is 10.3. The zero-order chi connectivity index (χ0) is 24.5. The van der Waals surface area contributed by atoms with Crippen LogP contribution in [0.4, 0.5) is 4.79 Å². The van der Waals surface area contributed by atoms with E-state index in [0.717, 1.165) is 12.7 Å². The summed E-state index contributed by atoms with van der Waals surface area (Å²) in [5.41, 5.74) is -0.978. The standard InChI is InChI=1S/C23H33NO8/c1-22(2,3)31-17(25)13-16(19(26)29-7)18(20(27)32-23(4,5)6)24-21(28)30-14-15-11-9-8-10-12-15/h8-12,16,18H,13-14H2,1-7H3,(H,24,28)/t16-,18-/m0/s1. The molecule has 1 aromatic carbocycles. The molecule has 0 aliphatic rings. The van der Waals surface area contributed by atoms with Gasteiger partial charge in [-0.2, -0.15) is 0 Å². The van der Waals surface area contributed by atoms with Crippen molar-refractivity contribution < 1.29 is 38.1 Å². The number of esters is 3. The van der Waals surface area contributed by atoms with Crippen LogP contribution in [-0.2, 0) is 39.9 Å². The number of hydrogen-bond acceptors (Lipinski definition) is 8. The van der Waals surface area contributed by atoms with Gasteiger partial charge in [-0.05, 0) is 47.1 Å². The average molecular weight is 452 g/mol. The van der Waals surface area contributed by atoms with Crippen molar-refractivity contribution in [3.8, 4) is 0 Å². The van der Waals surface area contributed by atoms with Crippen molar-refractivity contribution in [3.63, 3.8) is 0 Å². The maximum Gasteiger partial charge on any atom is 0.408 e. The highest BCUT2D eigenvalue weighted by Crippen LogP contribution is 2.20. The van der Waals surface area contributed by atoms with Gasteiger partial charge in [0.1, 0.15) is 23.9 Å². The van der Waals surface area contributed by atoms with Gasteiger partial charge in [0.05, 0.1) is 19.4 Å². The third-order valence-corrected chi connectivity index (χ3v) is 3.86. The van der Waals surface area contributed by atoms with E-state index in [2.05, 4.69) is 5.32 Å². The molecular weight excluding hydrogens is 418 g/mol. The minimum absolute atomic E-state index is 0.0529. The smallest absolute Gasteiger partial charge is 0.408 e. The van der Waals surface area contributed by atoms with Crippen LogP contribution in [0, 0.1) is 5.92 Å². The molecule has 0 saturated heterocycles. The topological polar surface area (TPSA) is 117 Å². The highest BCUT2D eigenvalue weighted by Gasteiger charge is 2.41. The monoisotopic (exact) mass is 451 g/mol. The van der Waals surface area contributed by atoms with Gasteiger partial charge in [-0.15, -0.1) is 0 Å². The Hall–Kier alpha value is -3.10. The molecule has 1 amide bonds. The number of amides is 1. The van der Waals surface area contributed by atoms with Crippen LogP contribution in [-0.4, -0.2) is 48.4 Å². The summed E-state index contributed by atoms with van der Waals surface area (Å²) >= 11 is 0. The quantitative estimate of drug-likeness (QED) is 0.473. The maximum absolute atomic E-state index is 12.8. The van der Waals surface area contributed by atoms with Crippen molar-refractivity contribution in [2.75, 3.05) is 7.11 Å². The van der Waals surface area contributed by atoms with Gasteiger partial charge in [0.15, 0.2) is 0 Å². The molecule has 0 aromatic heterocycles. The van der Waals surface area contributed by atoms with Crippen molar-refractivity contribution in [2.45, 2.75) is 71.8 Å². The van der Waals surface area contributed by atoms with Crippen LogP contribution in [0.3, 0.4) is 0 Å². The Kier molecular flexibility index (Phi) is 9.68. The number of nitrogens with one attached hydrogen (secondary N) is 1. The summed E-state index contributed by atoms with van der Waals surface area (Å²) in [6.07, 6.45) is -1.46. The van der Waals surface area contributed by atoms with Gasteiger partial charge in [-0.3, -0.25) is 9.59 Å². The highest BCUT2D eigenvalue weighted by molar-refractivity contribution is 5.90. The summed E-state index contributed by atoms with van der Waals surface area (Å²) < 4.78 is 20.5. The van der Waals surface area contributed by atoms with Crippen LogP contribution in [0.15, 0.2) is 30.3 Å². The summed E-state index contributed by atoms with van der Waals surface area (Å²) in [4.78, 5) is 50.1. The number of carbonyl (C=O) groups excluding carboxylic acids is 4. The van der Waals surface area contributed by atoms with Crippen molar-refractivity contribution >= 4 is 24.0 Å². The molecule has 9 nitrogen and oxygen atoms in total. The second-order valence-corrected chi connectivity index (χ2v) is 9.14. The van der Waals surface area contributed by atoms with E-state index in [-0.39, 0.29) is 6.61 Å². The third-order valence-electron chi connectivity index (χ3n) is 3.86. The number of hydrogen-bond donors (Lipinski definition) is 1. The van der Waals surface area contributed by atoms with Gasteiger partial charge < -0.3 is 24.3 Å². The molecule has 2 atom stereocenters. The highest BCUT2D eigenvalue weighted by atomic mass is 16.6. The van der Waals surface area contributed by atoms with E-state index in [0.29, 0.717) is 0 Å². The summed E-state index contributed by atoms with van der Waals surface area (Å²) in [5.74, 6) is -3.90. The van der Waals surface area contributed by atoms with E-state index in [1.54, 1.807) is 65.8 Å². The minimum Gasteiger partial charge on any atom is -0.469 e. The fourth-order valence-electron chi connectivity index (χ4n) is 2.63. The fraction of sp³-hybridized carbons (Fsp3) is 0.565. The number of alkyl carbamates (subject to hydrolysis) is 1. The second-order valence-electron chi connectivity index (χ2n) is 9.14. The second kappa shape index (κ2) is 11.5. The number of carbonyl (C=O) groups is 4. The molecule has 0 saturated carbocycles. The van der Waals surface area contributed by atoms with Crippen molar-refractivity contribution in [3.05, 3.63) is 35.9 Å². The average Bonchev–Trinajstić information content (AvgIpc) is 2.66. The van der Waals surface area contributed by atoms with E-state index < -0.39 is 53.6 Å². The molecule has 0 spiro atoms. The van der Waals surface area contributed by atoms with Crippen LogP contribution >= 0.6 is 0 Å². The molecule has 0 aliphatic carbocycles. The van der Waals surface area contributed by atoms with Crippen LogP contribution in [0.1, 0.15) is 53.5 Å². The predicted molar refractivity (Wildman–Crippen MR) is 115 cm³/mol. The Morgan fingerprint density at radius 2 is 1.44 bits per heavy atom. The first-order chi connectivity index (χ1) is 14.7. The lowest BCUT2D eigenvalue weighted by molar-refractivity contribution is -0.167. The first-order valence-corrected chi connectivity index (χ1v) is 10.2. The number of benzene rings is 1. The summed E-state index contributed by atoms with van der Waals surface area (Å²) in [6, 6.07) is 7.39. The first kappa shape index (κ1) is 26.9. The van der Waals surface area contributed by atoms with E-state index in [1.165, 1.54) is 0 Å². The maximum atomic E-state index is 12.8. The molecular formula is C23H33NO8. The van der Waals surface area contributed by atoms with Gasteiger partial charge in [-0.25, -0.2) is 9.59 Å². The SMILES string of the molecule is COC(=O)[C@@H](CC(=O)OC(C)(C)C)[C@H](NC(=O)OCc1ccccc1)C(=O)OC(C)(C)C. The number of methoxy groups -OCH3 is 1. The summed E-state index contributed by atoms with van der Waals surface area (Å²) in [6.45, 7) is 9.86.